The lowest BCUT2D eigenvalue weighted by molar-refractivity contribution is 0.402. The van der Waals surface area contributed by atoms with Gasteiger partial charge >= 0.3 is 0 Å². The zero-order valence-electron chi connectivity index (χ0n) is 14.8. The zero-order valence-corrected chi connectivity index (χ0v) is 17.9. The highest BCUT2D eigenvalue weighted by molar-refractivity contribution is 14.0. The van der Waals surface area contributed by atoms with Crippen molar-refractivity contribution in [2.75, 3.05) is 21.1 Å². The molecule has 0 saturated carbocycles. The van der Waals surface area contributed by atoms with E-state index in [0.29, 0.717) is 0 Å². The van der Waals surface area contributed by atoms with Crippen molar-refractivity contribution in [3.8, 4) is 0 Å². The van der Waals surface area contributed by atoms with E-state index in [-0.39, 0.29) is 24.0 Å². The first-order valence-electron chi connectivity index (χ1n) is 7.78. The second kappa shape index (κ2) is 10.7. The largest absolute Gasteiger partial charge is 0.352 e. The van der Waals surface area contributed by atoms with E-state index in [2.05, 4.69) is 77.3 Å². The van der Waals surface area contributed by atoms with Crippen LogP contribution < -0.4 is 10.6 Å². The van der Waals surface area contributed by atoms with Gasteiger partial charge in [-0.3, -0.25) is 4.99 Å². The van der Waals surface area contributed by atoms with Gasteiger partial charge in [-0.25, -0.2) is 0 Å². The number of halogens is 1. The predicted molar refractivity (Wildman–Crippen MR) is 115 cm³/mol. The third kappa shape index (κ3) is 6.78. The molecule has 24 heavy (non-hydrogen) atoms. The van der Waals surface area contributed by atoms with Crippen LogP contribution >= 0.6 is 35.3 Å². The molecular formula is C18H27IN4S. The van der Waals surface area contributed by atoms with Crippen molar-refractivity contribution in [1.82, 2.24) is 15.5 Å². The number of guanidine groups is 1. The Balaban J connectivity index is 0.00000288. The number of nitrogens with one attached hydrogen (secondary N) is 2. The lowest BCUT2D eigenvalue weighted by Crippen LogP contribution is -2.36. The lowest BCUT2D eigenvalue weighted by Gasteiger charge is -2.13. The van der Waals surface area contributed by atoms with E-state index in [0.717, 1.165) is 25.6 Å². The number of nitrogens with zero attached hydrogens (tertiary/aromatic N) is 2. The predicted octanol–water partition coefficient (Wildman–Crippen LogP) is 3.60. The van der Waals surface area contributed by atoms with Gasteiger partial charge in [-0.05, 0) is 49.2 Å². The Hall–Kier alpha value is -1.12. The van der Waals surface area contributed by atoms with Gasteiger partial charge in [0.25, 0.3) is 0 Å². The highest BCUT2D eigenvalue weighted by atomic mass is 127. The molecular weight excluding hydrogens is 431 g/mol. The fourth-order valence-electron chi connectivity index (χ4n) is 2.28. The summed E-state index contributed by atoms with van der Waals surface area (Å²) in [5.41, 5.74) is 3.91. The molecule has 0 atom stereocenters. The molecule has 2 aromatic rings. The van der Waals surface area contributed by atoms with E-state index in [1.165, 1.54) is 21.6 Å². The van der Waals surface area contributed by atoms with E-state index >= 15 is 0 Å². The van der Waals surface area contributed by atoms with Gasteiger partial charge in [-0.1, -0.05) is 24.3 Å². The number of aliphatic imine (C=N–C) groups is 1. The second-order valence-corrected chi connectivity index (χ2v) is 6.86. The number of hydrogen-bond donors (Lipinski definition) is 2. The van der Waals surface area contributed by atoms with Gasteiger partial charge in [-0.2, -0.15) is 0 Å². The van der Waals surface area contributed by atoms with Crippen molar-refractivity contribution < 1.29 is 0 Å². The van der Waals surface area contributed by atoms with Crippen LogP contribution in [0.2, 0.25) is 0 Å². The van der Waals surface area contributed by atoms with Gasteiger partial charge in [0.2, 0.25) is 0 Å². The van der Waals surface area contributed by atoms with Crippen molar-refractivity contribution in [3.63, 3.8) is 0 Å². The molecule has 132 valence electrons. The molecule has 6 heteroatoms. The summed E-state index contributed by atoms with van der Waals surface area (Å²) >= 11 is 1.77. The van der Waals surface area contributed by atoms with Crippen molar-refractivity contribution >= 4 is 41.3 Å². The molecule has 0 aliphatic heterocycles. The van der Waals surface area contributed by atoms with Crippen molar-refractivity contribution in [2.24, 2.45) is 4.99 Å². The van der Waals surface area contributed by atoms with E-state index in [9.17, 15) is 0 Å². The number of thiophene rings is 1. The first kappa shape index (κ1) is 20.9. The third-order valence-corrected chi connectivity index (χ3v) is 4.61. The summed E-state index contributed by atoms with van der Waals surface area (Å²) in [5.74, 6) is 0.829. The lowest BCUT2D eigenvalue weighted by atomic mass is 10.1. The van der Waals surface area contributed by atoms with Gasteiger partial charge in [0.1, 0.15) is 0 Å². The van der Waals surface area contributed by atoms with Gasteiger partial charge < -0.3 is 15.5 Å². The normalized spacial score (nSPS) is 11.3. The number of benzene rings is 1. The van der Waals surface area contributed by atoms with Gasteiger partial charge in [0.15, 0.2) is 5.96 Å². The van der Waals surface area contributed by atoms with Crippen LogP contribution in [0.5, 0.6) is 0 Å². The van der Waals surface area contributed by atoms with E-state index in [4.69, 9.17) is 0 Å². The van der Waals surface area contributed by atoms with E-state index in [1.807, 2.05) is 0 Å². The Morgan fingerprint density at radius 3 is 2.21 bits per heavy atom. The average molecular weight is 458 g/mol. The van der Waals surface area contributed by atoms with Crippen molar-refractivity contribution in [2.45, 2.75) is 26.6 Å². The molecule has 2 rings (SSSR count). The van der Waals surface area contributed by atoms with Crippen LogP contribution in [-0.2, 0) is 19.6 Å². The quantitative estimate of drug-likeness (QED) is 0.395. The summed E-state index contributed by atoms with van der Waals surface area (Å²) in [4.78, 5) is 7.80. The Labute approximate surface area is 166 Å². The standard InChI is InChI=1S/C18H26N4S.HI/c1-14-9-10-23-17(14)12-21-18(19-2)20-11-15-5-7-16(8-6-15)13-22(3)4;/h5-10H,11-13H2,1-4H3,(H2,19,20,21);1H. The summed E-state index contributed by atoms with van der Waals surface area (Å²) in [6.07, 6.45) is 0. The third-order valence-electron chi connectivity index (χ3n) is 3.59. The molecule has 0 radical (unpaired) electrons. The first-order chi connectivity index (χ1) is 11.1. The smallest absolute Gasteiger partial charge is 0.191 e. The van der Waals surface area contributed by atoms with Gasteiger partial charge in [0.05, 0.1) is 6.54 Å². The Morgan fingerprint density at radius 2 is 1.67 bits per heavy atom. The van der Waals surface area contributed by atoms with Crippen LogP contribution in [0.1, 0.15) is 21.6 Å². The van der Waals surface area contributed by atoms with Crippen LogP contribution in [-0.4, -0.2) is 32.0 Å². The molecule has 4 nitrogen and oxygen atoms in total. The maximum Gasteiger partial charge on any atom is 0.191 e. The maximum absolute atomic E-state index is 4.28. The molecule has 0 fully saturated rings. The van der Waals surface area contributed by atoms with E-state index in [1.54, 1.807) is 18.4 Å². The molecule has 2 N–H and O–H groups in total. The maximum atomic E-state index is 4.28. The first-order valence-corrected chi connectivity index (χ1v) is 8.66. The summed E-state index contributed by atoms with van der Waals surface area (Å²) in [6, 6.07) is 10.8. The highest BCUT2D eigenvalue weighted by Gasteiger charge is 2.03. The van der Waals surface area contributed by atoms with Crippen LogP contribution in [0.4, 0.5) is 0 Å². The molecule has 1 heterocycles. The van der Waals surface area contributed by atoms with Crippen molar-refractivity contribution in [3.05, 3.63) is 57.3 Å². The molecule has 1 aromatic carbocycles. The number of aryl methyl sites for hydroxylation is 1. The highest BCUT2D eigenvalue weighted by Crippen LogP contribution is 2.14. The second-order valence-electron chi connectivity index (χ2n) is 5.86. The monoisotopic (exact) mass is 458 g/mol. The number of hydrogen-bond acceptors (Lipinski definition) is 3. The molecule has 0 bridgehead atoms. The Morgan fingerprint density at radius 1 is 1.04 bits per heavy atom. The zero-order chi connectivity index (χ0) is 16.7. The fourth-order valence-corrected chi connectivity index (χ4v) is 3.13. The minimum atomic E-state index is 0. The minimum absolute atomic E-state index is 0. The molecule has 0 spiro atoms. The van der Waals surface area contributed by atoms with Crippen LogP contribution in [0, 0.1) is 6.92 Å². The summed E-state index contributed by atoms with van der Waals surface area (Å²) in [6.45, 7) is 4.69. The molecule has 0 aliphatic rings. The molecule has 0 aliphatic carbocycles. The van der Waals surface area contributed by atoms with Crippen LogP contribution in [0.3, 0.4) is 0 Å². The molecule has 0 unspecified atom stereocenters. The van der Waals surface area contributed by atoms with Crippen LogP contribution in [0.15, 0.2) is 40.7 Å². The average Bonchev–Trinajstić information content (AvgIpc) is 2.94. The fraction of sp³-hybridized carbons (Fsp3) is 0.389. The van der Waals surface area contributed by atoms with Gasteiger partial charge in [0, 0.05) is 25.0 Å². The number of rotatable bonds is 6. The molecule has 0 amide bonds. The minimum Gasteiger partial charge on any atom is -0.352 e. The SMILES string of the molecule is CN=C(NCc1ccc(CN(C)C)cc1)NCc1sccc1C.I. The molecule has 1 aromatic heterocycles. The Bertz CT molecular complexity index is 635. The Kier molecular flexibility index (Phi) is 9.31. The van der Waals surface area contributed by atoms with E-state index < -0.39 is 0 Å². The van der Waals surface area contributed by atoms with Crippen LogP contribution in [0.25, 0.3) is 0 Å². The molecule has 0 saturated heterocycles. The summed E-state index contributed by atoms with van der Waals surface area (Å²) in [5, 5.41) is 8.85. The topological polar surface area (TPSA) is 39.7 Å². The van der Waals surface area contributed by atoms with Crippen molar-refractivity contribution in [1.29, 1.82) is 0 Å². The summed E-state index contributed by atoms with van der Waals surface area (Å²) < 4.78 is 0. The summed E-state index contributed by atoms with van der Waals surface area (Å²) in [7, 11) is 5.97. The van der Waals surface area contributed by atoms with Gasteiger partial charge in [-0.15, -0.1) is 35.3 Å².